The number of pyridine rings is 1. The third-order valence-corrected chi connectivity index (χ3v) is 10.9. The molecule has 1 aliphatic carbocycles. The Morgan fingerprint density at radius 1 is 0.585 bits per heavy atom. The Labute approximate surface area is 311 Å². The largest absolute Gasteiger partial charge is 0.313 e. The number of benzene rings is 6. The quantitative estimate of drug-likeness (QED) is 0.156. The van der Waals surface area contributed by atoms with Crippen molar-refractivity contribution in [2.75, 3.05) is 4.90 Å². The number of anilines is 3. The fourth-order valence-electron chi connectivity index (χ4n) is 8.28. The van der Waals surface area contributed by atoms with Gasteiger partial charge in [0.1, 0.15) is 0 Å². The van der Waals surface area contributed by atoms with Crippen molar-refractivity contribution in [2.24, 2.45) is 0 Å². The van der Waals surface area contributed by atoms with Gasteiger partial charge in [-0.2, -0.15) is 0 Å². The summed E-state index contributed by atoms with van der Waals surface area (Å²) in [6.45, 7) is 8.92. The molecule has 0 N–H and O–H groups in total. The minimum Gasteiger partial charge on any atom is -0.313 e. The van der Waals surface area contributed by atoms with E-state index in [1.807, 2.05) is 18.5 Å². The van der Waals surface area contributed by atoms with Gasteiger partial charge >= 0.3 is 0 Å². The van der Waals surface area contributed by atoms with E-state index in [-0.39, 0.29) is 5.41 Å². The molecule has 0 unspecified atom stereocenters. The molecule has 6 aromatic carbocycles. The summed E-state index contributed by atoms with van der Waals surface area (Å²) in [5.41, 5.74) is 16.9. The van der Waals surface area contributed by atoms with Gasteiger partial charge in [0.25, 0.3) is 0 Å². The van der Waals surface area contributed by atoms with Gasteiger partial charge in [-0.15, -0.1) is 0 Å². The summed E-state index contributed by atoms with van der Waals surface area (Å²) in [4.78, 5) is 6.79. The molecule has 0 fully saturated rings. The van der Waals surface area contributed by atoms with E-state index in [0.29, 0.717) is 0 Å². The standard InChI is InChI=1S/C50H41N3/c1-5-6-13-34(2)52-48-20-10-8-18-44(48)45-31-37(23-28-49(45)52)35-21-24-39(25-22-35)53(40-16-11-14-36(30-40)38-15-12-29-51-33-38)41-26-27-43-42-17-7-9-19-46(42)50(3,4)47(43)32-41/h5-33H,1-4H3/b6-5-,34-13+. The highest BCUT2D eigenvalue weighted by Gasteiger charge is 2.35. The van der Waals surface area contributed by atoms with Crippen LogP contribution in [0.4, 0.5) is 17.1 Å². The van der Waals surface area contributed by atoms with Gasteiger partial charge in [0, 0.05) is 56.9 Å². The van der Waals surface area contributed by atoms with Crippen molar-refractivity contribution in [2.45, 2.75) is 33.1 Å². The zero-order valence-corrected chi connectivity index (χ0v) is 30.6. The molecule has 256 valence electrons. The number of nitrogens with zero attached hydrogens (tertiary/aromatic N) is 3. The number of allylic oxidation sites excluding steroid dienone is 4. The molecule has 9 rings (SSSR count). The van der Waals surface area contributed by atoms with E-state index in [9.17, 15) is 0 Å². The Morgan fingerprint density at radius 2 is 1.28 bits per heavy atom. The lowest BCUT2D eigenvalue weighted by atomic mass is 9.82. The zero-order chi connectivity index (χ0) is 36.1. The molecule has 53 heavy (non-hydrogen) atoms. The van der Waals surface area contributed by atoms with Crippen molar-refractivity contribution in [3.05, 3.63) is 187 Å². The fraction of sp³-hybridized carbons (Fsp3) is 0.100. The fourth-order valence-corrected chi connectivity index (χ4v) is 8.28. The van der Waals surface area contributed by atoms with Crippen molar-refractivity contribution in [1.82, 2.24) is 9.55 Å². The zero-order valence-electron chi connectivity index (χ0n) is 30.6. The molecule has 3 nitrogen and oxygen atoms in total. The van der Waals surface area contributed by atoms with Crippen molar-refractivity contribution < 1.29 is 0 Å². The summed E-state index contributed by atoms with van der Waals surface area (Å²) in [5.74, 6) is 0. The highest BCUT2D eigenvalue weighted by Crippen LogP contribution is 2.50. The molecule has 0 atom stereocenters. The molecule has 0 saturated carbocycles. The molecule has 0 saturated heterocycles. The maximum absolute atomic E-state index is 4.40. The van der Waals surface area contributed by atoms with Gasteiger partial charge < -0.3 is 9.47 Å². The van der Waals surface area contributed by atoms with Gasteiger partial charge in [-0.05, 0) is 120 Å². The van der Waals surface area contributed by atoms with Crippen LogP contribution in [0, 0.1) is 0 Å². The summed E-state index contributed by atoms with van der Waals surface area (Å²) >= 11 is 0. The Hall–Kier alpha value is -6.45. The van der Waals surface area contributed by atoms with E-state index >= 15 is 0 Å². The van der Waals surface area contributed by atoms with Crippen molar-refractivity contribution >= 4 is 44.6 Å². The normalized spacial score (nSPS) is 13.5. The lowest BCUT2D eigenvalue weighted by Crippen LogP contribution is -2.16. The highest BCUT2D eigenvalue weighted by molar-refractivity contribution is 6.11. The van der Waals surface area contributed by atoms with Crippen LogP contribution in [0.1, 0.15) is 38.8 Å². The van der Waals surface area contributed by atoms with Gasteiger partial charge in [0.15, 0.2) is 0 Å². The van der Waals surface area contributed by atoms with Crippen LogP contribution in [-0.4, -0.2) is 9.55 Å². The maximum Gasteiger partial charge on any atom is 0.0538 e. The number of para-hydroxylation sites is 1. The first-order valence-electron chi connectivity index (χ1n) is 18.4. The molecular formula is C50H41N3. The molecule has 2 heterocycles. The van der Waals surface area contributed by atoms with Gasteiger partial charge in [0.2, 0.25) is 0 Å². The smallest absolute Gasteiger partial charge is 0.0538 e. The van der Waals surface area contributed by atoms with Crippen LogP contribution in [0.2, 0.25) is 0 Å². The minimum absolute atomic E-state index is 0.0994. The molecular weight excluding hydrogens is 643 g/mol. The number of aromatic nitrogens is 2. The second kappa shape index (κ2) is 13.0. The van der Waals surface area contributed by atoms with Gasteiger partial charge in [-0.1, -0.05) is 111 Å². The van der Waals surface area contributed by atoms with Gasteiger partial charge in [-0.3, -0.25) is 4.98 Å². The van der Waals surface area contributed by atoms with Crippen LogP contribution in [0.5, 0.6) is 0 Å². The monoisotopic (exact) mass is 683 g/mol. The van der Waals surface area contributed by atoms with Crippen LogP contribution in [-0.2, 0) is 5.41 Å². The minimum atomic E-state index is -0.0994. The average Bonchev–Trinajstić information content (AvgIpc) is 3.66. The predicted molar refractivity (Wildman–Crippen MR) is 225 cm³/mol. The number of hydrogen-bond donors (Lipinski definition) is 0. The Kier molecular flexibility index (Phi) is 7.93. The first kappa shape index (κ1) is 32.5. The van der Waals surface area contributed by atoms with E-state index in [1.54, 1.807) is 0 Å². The van der Waals surface area contributed by atoms with Gasteiger partial charge in [0.05, 0.1) is 11.0 Å². The maximum atomic E-state index is 4.40. The second-order valence-corrected chi connectivity index (χ2v) is 14.5. The topological polar surface area (TPSA) is 21.1 Å². The molecule has 0 amide bonds. The number of rotatable bonds is 7. The molecule has 0 aliphatic heterocycles. The van der Waals surface area contributed by atoms with Gasteiger partial charge in [-0.25, -0.2) is 0 Å². The van der Waals surface area contributed by atoms with Crippen molar-refractivity contribution in [3.63, 3.8) is 0 Å². The highest BCUT2D eigenvalue weighted by atomic mass is 15.1. The second-order valence-electron chi connectivity index (χ2n) is 14.5. The van der Waals surface area contributed by atoms with Crippen LogP contribution in [0.3, 0.4) is 0 Å². The molecule has 0 bridgehead atoms. The summed E-state index contributed by atoms with van der Waals surface area (Å²) in [5, 5.41) is 2.52. The Balaban J connectivity index is 1.15. The molecule has 8 aromatic rings. The summed E-state index contributed by atoms with van der Waals surface area (Å²) in [6, 6.07) is 53.4. The predicted octanol–water partition coefficient (Wildman–Crippen LogP) is 13.7. The first-order chi connectivity index (χ1) is 25.9. The SMILES string of the molecule is C/C=C\C=C(/C)n1c2ccccc2c2cc(-c3ccc(N(c4cccc(-c5cccnc5)c4)c4ccc5c(c4)C(C)(C)c4ccccc4-5)cc3)ccc21. The molecule has 0 radical (unpaired) electrons. The van der Waals surface area contributed by atoms with E-state index in [4.69, 9.17) is 0 Å². The summed E-state index contributed by atoms with van der Waals surface area (Å²) in [7, 11) is 0. The first-order valence-corrected chi connectivity index (χ1v) is 18.4. The van der Waals surface area contributed by atoms with E-state index in [2.05, 4.69) is 200 Å². The number of fused-ring (bicyclic) bond motifs is 6. The van der Waals surface area contributed by atoms with Crippen LogP contribution in [0.25, 0.3) is 60.9 Å². The third kappa shape index (κ3) is 5.48. The molecule has 2 aromatic heterocycles. The summed E-state index contributed by atoms with van der Waals surface area (Å²) in [6.07, 6.45) is 10.1. The third-order valence-electron chi connectivity index (χ3n) is 10.9. The van der Waals surface area contributed by atoms with Crippen LogP contribution < -0.4 is 4.90 Å². The van der Waals surface area contributed by atoms with Crippen molar-refractivity contribution in [3.8, 4) is 33.4 Å². The Bertz CT molecular complexity index is 2710. The van der Waals surface area contributed by atoms with E-state index in [0.717, 1.165) is 28.2 Å². The lowest BCUT2D eigenvalue weighted by molar-refractivity contribution is 0.660. The molecule has 0 spiro atoms. The van der Waals surface area contributed by atoms with E-state index < -0.39 is 0 Å². The van der Waals surface area contributed by atoms with Crippen molar-refractivity contribution in [1.29, 1.82) is 0 Å². The molecule has 1 aliphatic rings. The summed E-state index contributed by atoms with van der Waals surface area (Å²) < 4.78 is 2.37. The Morgan fingerprint density at radius 3 is 2.11 bits per heavy atom. The van der Waals surface area contributed by atoms with Crippen LogP contribution >= 0.6 is 0 Å². The molecule has 3 heteroatoms. The lowest BCUT2D eigenvalue weighted by Gasteiger charge is -2.28. The van der Waals surface area contributed by atoms with E-state index in [1.165, 1.54) is 60.9 Å². The average molecular weight is 684 g/mol. The number of hydrogen-bond acceptors (Lipinski definition) is 2. The van der Waals surface area contributed by atoms with Crippen LogP contribution in [0.15, 0.2) is 176 Å².